The van der Waals surface area contributed by atoms with Gasteiger partial charge in [-0.05, 0) is 24.1 Å². The van der Waals surface area contributed by atoms with Crippen LogP contribution in [0.25, 0.3) is 0 Å². The quantitative estimate of drug-likeness (QED) is 0.633. The fraction of sp³-hybridized carbons (Fsp3) is 0.273. The van der Waals surface area contributed by atoms with Gasteiger partial charge in [0.2, 0.25) is 5.91 Å². The zero-order valence-corrected chi connectivity index (χ0v) is 10.3. The van der Waals surface area contributed by atoms with Gasteiger partial charge in [-0.3, -0.25) is 19.3 Å². The van der Waals surface area contributed by atoms with Crippen LogP contribution in [0.3, 0.4) is 0 Å². The molecule has 0 saturated carbocycles. The number of hydroxylamine groups is 1. The van der Waals surface area contributed by atoms with Crippen LogP contribution in [0.4, 0.5) is 0 Å². The van der Waals surface area contributed by atoms with Crippen LogP contribution in [-0.2, 0) is 16.2 Å². The Kier molecular flexibility index (Phi) is 4.93. The first kappa shape index (κ1) is 13.5. The van der Waals surface area contributed by atoms with E-state index in [2.05, 4.69) is 5.48 Å². The molecule has 0 aliphatic carbocycles. The number of hydrogen-bond donors (Lipinski definition) is 2. The minimum atomic E-state index is -0.406. The van der Waals surface area contributed by atoms with Gasteiger partial charge in [-0.1, -0.05) is 12.1 Å². The van der Waals surface area contributed by atoms with Gasteiger partial charge in [-0.25, -0.2) is 5.48 Å². The summed E-state index contributed by atoms with van der Waals surface area (Å²) in [7, 11) is 0. The Morgan fingerprint density at radius 2 is 2.12 bits per heavy atom. The lowest BCUT2D eigenvalue weighted by molar-refractivity contribution is -0.132. The van der Waals surface area contributed by atoms with E-state index in [1.807, 2.05) is 17.8 Å². The highest BCUT2D eigenvalue weighted by Crippen LogP contribution is 2.15. The molecule has 2 N–H and O–H groups in total. The molecule has 0 aromatic heterocycles. The zero-order valence-electron chi connectivity index (χ0n) is 9.54. The SMILES string of the molecule is CC(=O)NOCc1c(C)cccc1C(=O)NCl. The molecule has 0 fully saturated rings. The number of carbonyl (C=O) groups excluding carboxylic acids is 2. The smallest absolute Gasteiger partial charge is 0.265 e. The minimum absolute atomic E-state index is 0.103. The monoisotopic (exact) mass is 256 g/mol. The molecule has 0 bridgehead atoms. The van der Waals surface area contributed by atoms with Crippen LogP contribution < -0.4 is 10.3 Å². The maximum atomic E-state index is 11.5. The van der Waals surface area contributed by atoms with E-state index in [1.165, 1.54) is 6.92 Å². The Morgan fingerprint density at radius 3 is 2.71 bits per heavy atom. The highest BCUT2D eigenvalue weighted by Gasteiger charge is 2.12. The molecule has 0 unspecified atom stereocenters. The molecule has 1 aromatic rings. The molecule has 0 atom stereocenters. The highest BCUT2D eigenvalue weighted by molar-refractivity contribution is 6.24. The normalized spacial score (nSPS) is 9.82. The number of halogens is 1. The third-order valence-electron chi connectivity index (χ3n) is 2.17. The van der Waals surface area contributed by atoms with E-state index in [0.29, 0.717) is 11.1 Å². The number of aryl methyl sites for hydroxylation is 1. The fourth-order valence-corrected chi connectivity index (χ4v) is 1.47. The van der Waals surface area contributed by atoms with Crippen LogP contribution in [0.5, 0.6) is 0 Å². The predicted octanol–water partition coefficient (Wildman–Crippen LogP) is 1.45. The predicted molar refractivity (Wildman–Crippen MR) is 63.1 cm³/mol. The average molecular weight is 257 g/mol. The Hall–Kier alpha value is -1.59. The van der Waals surface area contributed by atoms with Crippen molar-refractivity contribution in [3.05, 3.63) is 34.9 Å². The van der Waals surface area contributed by atoms with Crippen LogP contribution >= 0.6 is 11.8 Å². The summed E-state index contributed by atoms with van der Waals surface area (Å²) in [4.78, 5) is 29.2. The maximum Gasteiger partial charge on any atom is 0.265 e. The Bertz CT molecular complexity index is 435. The van der Waals surface area contributed by atoms with Crippen molar-refractivity contribution < 1.29 is 14.4 Å². The lowest BCUT2D eigenvalue weighted by Crippen LogP contribution is -2.22. The van der Waals surface area contributed by atoms with Crippen molar-refractivity contribution in [2.75, 3.05) is 0 Å². The van der Waals surface area contributed by atoms with Crippen molar-refractivity contribution in [1.82, 2.24) is 10.3 Å². The Morgan fingerprint density at radius 1 is 1.41 bits per heavy atom. The summed E-state index contributed by atoms with van der Waals surface area (Å²) in [6.07, 6.45) is 0. The molecule has 0 radical (unpaired) electrons. The summed E-state index contributed by atoms with van der Waals surface area (Å²) in [6, 6.07) is 5.23. The summed E-state index contributed by atoms with van der Waals surface area (Å²) in [5.41, 5.74) is 4.19. The van der Waals surface area contributed by atoms with Gasteiger partial charge in [0.1, 0.15) is 6.61 Å². The second-order valence-electron chi connectivity index (χ2n) is 3.47. The Balaban J connectivity index is 2.88. The molecular weight excluding hydrogens is 244 g/mol. The van der Waals surface area contributed by atoms with E-state index in [0.717, 1.165) is 5.56 Å². The standard InChI is InChI=1S/C11H13ClN2O3/c1-7-4-3-5-9(11(16)13-12)10(7)6-17-14-8(2)15/h3-5H,6H2,1-2H3,(H,13,16)(H,14,15). The molecule has 0 aliphatic heterocycles. The van der Waals surface area contributed by atoms with E-state index in [9.17, 15) is 9.59 Å². The summed E-state index contributed by atoms with van der Waals surface area (Å²) in [5.74, 6) is -0.710. The highest BCUT2D eigenvalue weighted by atomic mass is 35.5. The molecule has 0 aliphatic rings. The third-order valence-corrected chi connectivity index (χ3v) is 2.34. The van der Waals surface area contributed by atoms with Gasteiger partial charge in [0.25, 0.3) is 5.91 Å². The number of rotatable bonds is 4. The first-order chi connectivity index (χ1) is 8.06. The number of benzene rings is 1. The van der Waals surface area contributed by atoms with Crippen molar-refractivity contribution in [2.24, 2.45) is 0 Å². The van der Waals surface area contributed by atoms with Gasteiger partial charge >= 0.3 is 0 Å². The van der Waals surface area contributed by atoms with E-state index in [-0.39, 0.29) is 12.5 Å². The Labute approximate surface area is 104 Å². The van der Waals surface area contributed by atoms with E-state index in [4.69, 9.17) is 16.6 Å². The summed E-state index contributed by atoms with van der Waals surface area (Å²) >= 11 is 5.29. The zero-order chi connectivity index (χ0) is 12.8. The van der Waals surface area contributed by atoms with E-state index >= 15 is 0 Å². The molecule has 92 valence electrons. The lowest BCUT2D eigenvalue weighted by atomic mass is 10.0. The topological polar surface area (TPSA) is 67.4 Å². The van der Waals surface area contributed by atoms with Gasteiger partial charge < -0.3 is 0 Å². The van der Waals surface area contributed by atoms with E-state index < -0.39 is 5.91 Å². The molecule has 0 spiro atoms. The van der Waals surface area contributed by atoms with Gasteiger partial charge in [0.15, 0.2) is 0 Å². The minimum Gasteiger partial charge on any atom is -0.273 e. The van der Waals surface area contributed by atoms with Crippen LogP contribution in [0.15, 0.2) is 18.2 Å². The number of carbonyl (C=O) groups is 2. The second-order valence-corrected chi connectivity index (χ2v) is 3.66. The molecule has 1 aromatic carbocycles. The summed E-state index contributed by atoms with van der Waals surface area (Å²) in [5, 5.41) is 0. The average Bonchev–Trinajstić information content (AvgIpc) is 2.29. The van der Waals surface area contributed by atoms with Crippen LogP contribution in [0.2, 0.25) is 0 Å². The van der Waals surface area contributed by atoms with Crippen molar-refractivity contribution >= 4 is 23.6 Å². The largest absolute Gasteiger partial charge is 0.273 e. The first-order valence-electron chi connectivity index (χ1n) is 4.94. The second kappa shape index (κ2) is 6.22. The van der Waals surface area contributed by atoms with Crippen molar-refractivity contribution in [3.63, 3.8) is 0 Å². The van der Waals surface area contributed by atoms with Crippen LogP contribution in [0.1, 0.15) is 28.4 Å². The van der Waals surface area contributed by atoms with Crippen molar-refractivity contribution in [3.8, 4) is 0 Å². The molecule has 6 heteroatoms. The van der Waals surface area contributed by atoms with Crippen molar-refractivity contribution in [1.29, 1.82) is 0 Å². The number of amides is 2. The number of nitrogens with one attached hydrogen (secondary N) is 2. The molecule has 2 amide bonds. The van der Waals surface area contributed by atoms with Gasteiger partial charge in [0, 0.05) is 24.3 Å². The maximum absolute atomic E-state index is 11.5. The van der Waals surface area contributed by atoms with Gasteiger partial charge in [-0.2, -0.15) is 0 Å². The summed E-state index contributed by atoms with van der Waals surface area (Å²) in [6.45, 7) is 3.29. The van der Waals surface area contributed by atoms with E-state index in [1.54, 1.807) is 12.1 Å². The van der Waals surface area contributed by atoms with Crippen molar-refractivity contribution in [2.45, 2.75) is 20.5 Å². The third kappa shape index (κ3) is 3.72. The molecule has 5 nitrogen and oxygen atoms in total. The fourth-order valence-electron chi connectivity index (χ4n) is 1.37. The summed E-state index contributed by atoms with van der Waals surface area (Å²) < 4.78 is 0. The van der Waals surface area contributed by atoms with Crippen LogP contribution in [-0.4, -0.2) is 11.8 Å². The molecule has 17 heavy (non-hydrogen) atoms. The first-order valence-corrected chi connectivity index (χ1v) is 5.32. The molecule has 0 saturated heterocycles. The van der Waals surface area contributed by atoms with Crippen LogP contribution in [0, 0.1) is 6.92 Å². The van der Waals surface area contributed by atoms with Gasteiger partial charge in [-0.15, -0.1) is 0 Å². The molecule has 0 heterocycles. The molecule has 1 rings (SSSR count). The lowest BCUT2D eigenvalue weighted by Gasteiger charge is -2.11. The van der Waals surface area contributed by atoms with Gasteiger partial charge in [0.05, 0.1) is 0 Å². The number of hydrogen-bond acceptors (Lipinski definition) is 3. The molecular formula is C11H13ClN2O3.